The van der Waals surface area contributed by atoms with Crippen molar-refractivity contribution in [1.29, 1.82) is 0 Å². The molecule has 0 radical (unpaired) electrons. The van der Waals surface area contributed by atoms with Crippen molar-refractivity contribution >= 4 is 21.8 Å². The average Bonchev–Trinajstić information content (AvgIpc) is 3.35. The van der Waals surface area contributed by atoms with Crippen molar-refractivity contribution in [2.45, 2.75) is 24.8 Å². The van der Waals surface area contributed by atoms with E-state index in [0.717, 1.165) is 34.2 Å². The second-order valence-corrected chi connectivity index (χ2v) is 6.54. The maximum Gasteiger partial charge on any atom is 0.230 e. The summed E-state index contributed by atoms with van der Waals surface area (Å²) >= 11 is 3.43. The third-order valence-electron chi connectivity index (χ3n) is 4.19. The Labute approximate surface area is 138 Å². The number of carbonyl (C=O) groups is 1. The molecule has 0 saturated heterocycles. The molecule has 1 N–H and O–H groups in total. The molecule has 1 amide bonds. The quantitative estimate of drug-likeness (QED) is 0.881. The number of amides is 1. The number of benzene rings is 2. The van der Waals surface area contributed by atoms with Gasteiger partial charge < -0.3 is 10.1 Å². The molecule has 3 rings (SSSR count). The predicted molar refractivity (Wildman–Crippen MR) is 89.9 cm³/mol. The zero-order chi connectivity index (χ0) is 15.6. The van der Waals surface area contributed by atoms with Gasteiger partial charge in [0.15, 0.2) is 0 Å². The van der Waals surface area contributed by atoms with E-state index < -0.39 is 0 Å². The molecular formula is C18H18BrNO2. The zero-order valence-corrected chi connectivity index (χ0v) is 14.0. The van der Waals surface area contributed by atoms with Crippen molar-refractivity contribution in [3.8, 4) is 5.75 Å². The first-order valence-electron chi connectivity index (χ1n) is 7.31. The first kappa shape index (κ1) is 15.1. The minimum absolute atomic E-state index is 0.116. The number of carbonyl (C=O) groups excluding carboxylic acids is 1. The zero-order valence-electron chi connectivity index (χ0n) is 12.4. The number of halogens is 1. The number of nitrogens with one attached hydrogen (secondary N) is 1. The lowest BCUT2D eigenvalue weighted by Gasteiger charge is -2.16. The summed E-state index contributed by atoms with van der Waals surface area (Å²) in [6.07, 6.45) is 1.84. The van der Waals surface area contributed by atoms with Crippen LogP contribution in [0.2, 0.25) is 0 Å². The average molecular weight is 360 g/mol. The van der Waals surface area contributed by atoms with E-state index in [9.17, 15) is 4.79 Å². The predicted octanol–water partition coefficient (Wildman–Crippen LogP) is 3.81. The Kier molecular flexibility index (Phi) is 4.21. The van der Waals surface area contributed by atoms with Gasteiger partial charge in [0.2, 0.25) is 5.91 Å². The molecule has 4 heteroatoms. The van der Waals surface area contributed by atoms with Crippen molar-refractivity contribution in [2.75, 3.05) is 7.11 Å². The first-order chi connectivity index (χ1) is 10.6. The van der Waals surface area contributed by atoms with Crippen molar-refractivity contribution < 1.29 is 9.53 Å². The Morgan fingerprint density at radius 1 is 1.14 bits per heavy atom. The van der Waals surface area contributed by atoms with Gasteiger partial charge in [0.1, 0.15) is 5.75 Å². The molecule has 1 aliphatic rings. The van der Waals surface area contributed by atoms with Crippen LogP contribution in [0.25, 0.3) is 0 Å². The van der Waals surface area contributed by atoms with Crippen LogP contribution in [0.4, 0.5) is 0 Å². The van der Waals surface area contributed by atoms with Crippen LogP contribution in [0, 0.1) is 0 Å². The van der Waals surface area contributed by atoms with Crippen molar-refractivity contribution in [3.05, 3.63) is 64.1 Å². The van der Waals surface area contributed by atoms with Crippen molar-refractivity contribution in [1.82, 2.24) is 5.32 Å². The van der Waals surface area contributed by atoms with Crippen LogP contribution in [-0.2, 0) is 16.8 Å². The summed E-state index contributed by atoms with van der Waals surface area (Å²) in [5.41, 5.74) is 1.84. The van der Waals surface area contributed by atoms with Crippen LogP contribution < -0.4 is 10.1 Å². The van der Waals surface area contributed by atoms with Gasteiger partial charge in [-0.15, -0.1) is 0 Å². The van der Waals surface area contributed by atoms with Gasteiger partial charge in [-0.2, -0.15) is 0 Å². The summed E-state index contributed by atoms with van der Waals surface area (Å²) in [5, 5.41) is 3.06. The topological polar surface area (TPSA) is 38.3 Å². The monoisotopic (exact) mass is 359 g/mol. The molecule has 1 aliphatic carbocycles. The van der Waals surface area contributed by atoms with Gasteiger partial charge in [0.25, 0.3) is 0 Å². The fourth-order valence-electron chi connectivity index (χ4n) is 2.64. The first-order valence-corrected chi connectivity index (χ1v) is 8.11. The van der Waals surface area contributed by atoms with E-state index in [2.05, 4.69) is 21.2 Å². The minimum Gasteiger partial charge on any atom is -0.497 e. The Bertz CT molecular complexity index is 660. The van der Waals surface area contributed by atoms with Crippen molar-refractivity contribution in [3.63, 3.8) is 0 Å². The van der Waals surface area contributed by atoms with Crippen LogP contribution in [0.3, 0.4) is 0 Å². The van der Waals surface area contributed by atoms with E-state index in [4.69, 9.17) is 4.74 Å². The summed E-state index contributed by atoms with van der Waals surface area (Å²) in [4.78, 5) is 12.6. The van der Waals surface area contributed by atoms with E-state index >= 15 is 0 Å². The highest BCUT2D eigenvalue weighted by atomic mass is 79.9. The van der Waals surface area contributed by atoms with Gasteiger partial charge in [-0.25, -0.2) is 0 Å². The van der Waals surface area contributed by atoms with Gasteiger partial charge in [-0.3, -0.25) is 4.79 Å². The molecule has 0 unspecified atom stereocenters. The third-order valence-corrected chi connectivity index (χ3v) is 4.72. The second-order valence-electron chi connectivity index (χ2n) is 5.62. The van der Waals surface area contributed by atoms with Gasteiger partial charge in [-0.05, 0) is 48.2 Å². The highest BCUT2D eigenvalue weighted by Gasteiger charge is 2.50. The van der Waals surface area contributed by atoms with Gasteiger partial charge >= 0.3 is 0 Å². The molecule has 2 aromatic carbocycles. The molecule has 3 nitrogen and oxygen atoms in total. The minimum atomic E-state index is -0.326. The number of hydrogen-bond donors (Lipinski definition) is 1. The lowest BCUT2D eigenvalue weighted by Crippen LogP contribution is -2.34. The third kappa shape index (κ3) is 3.02. The van der Waals surface area contributed by atoms with E-state index in [1.54, 1.807) is 7.11 Å². The normalized spacial score (nSPS) is 15.2. The maximum absolute atomic E-state index is 12.6. The Morgan fingerprint density at radius 2 is 1.77 bits per heavy atom. The number of hydrogen-bond acceptors (Lipinski definition) is 2. The molecule has 0 spiro atoms. The molecule has 0 aromatic heterocycles. The van der Waals surface area contributed by atoms with Crippen molar-refractivity contribution in [2.24, 2.45) is 0 Å². The molecule has 22 heavy (non-hydrogen) atoms. The lowest BCUT2D eigenvalue weighted by molar-refractivity contribution is -0.123. The molecule has 114 valence electrons. The summed E-state index contributed by atoms with van der Waals surface area (Å²) in [6, 6.07) is 15.8. The van der Waals surface area contributed by atoms with Gasteiger partial charge in [-0.1, -0.05) is 40.2 Å². The van der Waals surface area contributed by atoms with E-state index in [1.807, 2.05) is 48.5 Å². The number of methoxy groups -OCH3 is 1. The fourth-order valence-corrected chi connectivity index (χ4v) is 2.90. The molecular weight excluding hydrogens is 342 g/mol. The fraction of sp³-hybridized carbons (Fsp3) is 0.278. The summed E-state index contributed by atoms with van der Waals surface area (Å²) in [7, 11) is 1.64. The number of rotatable bonds is 5. The number of ether oxygens (including phenoxy) is 1. The molecule has 0 bridgehead atoms. The highest BCUT2D eigenvalue weighted by Crippen LogP contribution is 2.48. The molecule has 0 aliphatic heterocycles. The smallest absolute Gasteiger partial charge is 0.230 e. The molecule has 2 aromatic rings. The molecule has 1 fully saturated rings. The van der Waals surface area contributed by atoms with Crippen LogP contribution in [0.1, 0.15) is 24.0 Å². The summed E-state index contributed by atoms with van der Waals surface area (Å²) in [6.45, 7) is 0.543. The molecule has 0 heterocycles. The summed E-state index contributed by atoms with van der Waals surface area (Å²) in [5.74, 6) is 0.939. The Morgan fingerprint density at radius 3 is 2.32 bits per heavy atom. The van der Waals surface area contributed by atoms with Crippen LogP contribution >= 0.6 is 15.9 Å². The maximum atomic E-state index is 12.6. The molecule has 1 saturated carbocycles. The van der Waals surface area contributed by atoms with Gasteiger partial charge in [0, 0.05) is 11.0 Å². The summed E-state index contributed by atoms with van der Waals surface area (Å²) < 4.78 is 6.17. The highest BCUT2D eigenvalue weighted by molar-refractivity contribution is 9.10. The second kappa shape index (κ2) is 6.13. The van der Waals surface area contributed by atoms with E-state index in [1.165, 1.54) is 0 Å². The standard InChI is InChI=1S/C18H18BrNO2/c1-22-16-8-2-13(3-9-16)12-20-17(21)18(10-11-18)14-4-6-15(19)7-5-14/h2-9H,10-12H2,1H3,(H,20,21). The van der Waals surface area contributed by atoms with Crippen LogP contribution in [0.5, 0.6) is 5.75 Å². The van der Waals surface area contributed by atoms with E-state index in [-0.39, 0.29) is 11.3 Å². The van der Waals surface area contributed by atoms with Crippen LogP contribution in [0.15, 0.2) is 53.0 Å². The van der Waals surface area contributed by atoms with Gasteiger partial charge in [0.05, 0.1) is 12.5 Å². The van der Waals surface area contributed by atoms with E-state index in [0.29, 0.717) is 6.54 Å². The molecule has 0 atom stereocenters. The Hall–Kier alpha value is -1.81. The van der Waals surface area contributed by atoms with Crippen LogP contribution in [-0.4, -0.2) is 13.0 Å². The largest absolute Gasteiger partial charge is 0.497 e. The SMILES string of the molecule is COc1ccc(CNC(=O)C2(c3ccc(Br)cc3)CC2)cc1. The lowest BCUT2D eigenvalue weighted by atomic mass is 9.95. The Balaban J connectivity index is 1.65.